The smallest absolute Gasteiger partial charge is 0.229 e. The van der Waals surface area contributed by atoms with Crippen LogP contribution in [0.15, 0.2) is 29.9 Å². The van der Waals surface area contributed by atoms with Gasteiger partial charge in [-0.25, -0.2) is 0 Å². The molecule has 1 aliphatic carbocycles. The number of amides is 1. The molecule has 0 saturated heterocycles. The average Bonchev–Trinajstić information content (AvgIpc) is 2.67. The molecule has 3 N–H and O–H groups in total. The van der Waals surface area contributed by atoms with Crippen molar-refractivity contribution >= 4 is 11.6 Å². The molecule has 5 heteroatoms. The van der Waals surface area contributed by atoms with E-state index in [0.717, 1.165) is 18.4 Å². The van der Waals surface area contributed by atoms with Crippen molar-refractivity contribution in [1.29, 1.82) is 0 Å². The Labute approximate surface area is 179 Å². The summed E-state index contributed by atoms with van der Waals surface area (Å²) < 4.78 is 0. The molecule has 5 nitrogen and oxygen atoms in total. The highest BCUT2D eigenvalue weighted by atomic mass is 16.3. The van der Waals surface area contributed by atoms with Crippen LogP contribution in [0.2, 0.25) is 0 Å². The van der Waals surface area contributed by atoms with Crippen molar-refractivity contribution in [3.05, 3.63) is 41.0 Å². The van der Waals surface area contributed by atoms with Crippen LogP contribution in [0.5, 0.6) is 11.5 Å². The number of phenolic OH excluding ortho intramolecular Hbond substituents is 2. The first-order valence-corrected chi connectivity index (χ1v) is 11.0. The molecule has 0 radical (unpaired) electrons. The molecule has 30 heavy (non-hydrogen) atoms. The Kier molecular flexibility index (Phi) is 6.61. The predicted octanol–water partition coefficient (Wildman–Crippen LogP) is 4.97. The fourth-order valence-electron chi connectivity index (χ4n) is 5.12. The molecule has 0 bridgehead atoms. The van der Waals surface area contributed by atoms with Crippen molar-refractivity contribution in [2.45, 2.75) is 65.2 Å². The Balaban J connectivity index is 2.30. The quantitative estimate of drug-likeness (QED) is 0.595. The van der Waals surface area contributed by atoms with Gasteiger partial charge >= 0.3 is 0 Å². The molecule has 1 amide bonds. The van der Waals surface area contributed by atoms with Crippen molar-refractivity contribution in [2.75, 3.05) is 18.1 Å². The largest absolute Gasteiger partial charge is 0.507 e. The summed E-state index contributed by atoms with van der Waals surface area (Å²) in [5.41, 5.74) is 4.32. The van der Waals surface area contributed by atoms with Crippen LogP contribution in [0.4, 0.5) is 5.69 Å². The third kappa shape index (κ3) is 4.00. The Bertz CT molecular complexity index is 870. The van der Waals surface area contributed by atoms with Crippen LogP contribution in [0, 0.1) is 11.8 Å². The lowest BCUT2D eigenvalue weighted by molar-refractivity contribution is -0.121. The maximum Gasteiger partial charge on any atom is 0.229 e. The van der Waals surface area contributed by atoms with Gasteiger partial charge in [0.25, 0.3) is 0 Å². The third-order valence-electron chi connectivity index (χ3n) is 6.67. The molecule has 1 heterocycles. The predicted molar refractivity (Wildman–Crippen MR) is 120 cm³/mol. The molecular formula is C25H35NO4. The summed E-state index contributed by atoms with van der Waals surface area (Å²) in [6.45, 7) is 12.6. The van der Waals surface area contributed by atoms with E-state index in [1.165, 1.54) is 11.6 Å². The highest BCUT2D eigenvalue weighted by molar-refractivity contribution is 5.98. The molecule has 0 unspecified atom stereocenters. The van der Waals surface area contributed by atoms with Gasteiger partial charge in [-0.15, -0.1) is 0 Å². The molecule has 0 saturated carbocycles. The highest BCUT2D eigenvalue weighted by Crippen LogP contribution is 2.53. The van der Waals surface area contributed by atoms with Crippen LogP contribution >= 0.6 is 0 Å². The minimum Gasteiger partial charge on any atom is -0.507 e. The second kappa shape index (κ2) is 8.84. The number of anilines is 1. The van der Waals surface area contributed by atoms with E-state index in [1.54, 1.807) is 4.90 Å². The Morgan fingerprint density at radius 2 is 1.90 bits per heavy atom. The SMILES string of the molecule is C=C(C)[C@@H]1CCC(C)=C[C@H]1c1c(O)cc(O)c2c1N(C(=O)C(C)C)CC[C@H]2CCO. The number of hydrogen-bond donors (Lipinski definition) is 3. The van der Waals surface area contributed by atoms with E-state index in [1.807, 2.05) is 20.8 Å². The van der Waals surface area contributed by atoms with Gasteiger partial charge in [0, 0.05) is 42.2 Å². The Hall–Kier alpha value is -2.27. The molecule has 3 rings (SSSR count). The van der Waals surface area contributed by atoms with Gasteiger partial charge in [-0.3, -0.25) is 4.79 Å². The van der Waals surface area contributed by atoms with Crippen LogP contribution in [-0.4, -0.2) is 34.4 Å². The Morgan fingerprint density at radius 1 is 1.23 bits per heavy atom. The van der Waals surface area contributed by atoms with Crippen LogP contribution < -0.4 is 4.90 Å². The number of carbonyl (C=O) groups is 1. The van der Waals surface area contributed by atoms with E-state index in [2.05, 4.69) is 19.6 Å². The van der Waals surface area contributed by atoms with Crippen molar-refractivity contribution in [3.8, 4) is 11.5 Å². The number of aliphatic hydroxyl groups is 1. The van der Waals surface area contributed by atoms with Gasteiger partial charge < -0.3 is 20.2 Å². The summed E-state index contributed by atoms with van der Waals surface area (Å²) in [7, 11) is 0. The van der Waals surface area contributed by atoms with Gasteiger partial charge in [0.15, 0.2) is 0 Å². The standard InChI is InChI=1S/C25H35NO4/c1-14(2)18-7-6-16(5)12-19(18)23-21(29)13-20(28)22-17(9-11-27)8-10-26(24(22)23)25(30)15(3)4/h12-13,15,17-19,27-29H,1,6-11H2,2-5H3/t17-,18-,19+/m0/s1. The molecular weight excluding hydrogens is 378 g/mol. The highest BCUT2D eigenvalue weighted by Gasteiger charge is 2.39. The molecule has 164 valence electrons. The minimum absolute atomic E-state index is 0.00524. The zero-order valence-electron chi connectivity index (χ0n) is 18.6. The molecule has 3 atom stereocenters. The number of fused-ring (bicyclic) bond motifs is 1. The van der Waals surface area contributed by atoms with E-state index in [0.29, 0.717) is 36.2 Å². The van der Waals surface area contributed by atoms with Gasteiger partial charge in [-0.05, 0) is 51.4 Å². The zero-order valence-corrected chi connectivity index (χ0v) is 18.6. The lowest BCUT2D eigenvalue weighted by Crippen LogP contribution is -2.40. The topological polar surface area (TPSA) is 81.0 Å². The number of allylic oxidation sites excluding steroid dienone is 3. The fourth-order valence-corrected chi connectivity index (χ4v) is 5.12. The first kappa shape index (κ1) is 22.4. The molecule has 1 aromatic carbocycles. The number of carbonyl (C=O) groups excluding carboxylic acids is 1. The zero-order chi connectivity index (χ0) is 22.2. The number of nitrogens with zero attached hydrogens (tertiary/aromatic N) is 1. The van der Waals surface area contributed by atoms with Crippen molar-refractivity contribution < 1.29 is 20.1 Å². The van der Waals surface area contributed by atoms with E-state index in [4.69, 9.17) is 0 Å². The summed E-state index contributed by atoms with van der Waals surface area (Å²) >= 11 is 0. The first-order chi connectivity index (χ1) is 14.2. The van der Waals surface area contributed by atoms with E-state index in [-0.39, 0.29) is 47.7 Å². The molecule has 1 aliphatic heterocycles. The van der Waals surface area contributed by atoms with Crippen molar-refractivity contribution in [1.82, 2.24) is 0 Å². The molecule has 0 fully saturated rings. The van der Waals surface area contributed by atoms with Crippen LogP contribution in [0.1, 0.15) is 76.3 Å². The van der Waals surface area contributed by atoms with Gasteiger partial charge in [-0.1, -0.05) is 37.6 Å². The summed E-state index contributed by atoms with van der Waals surface area (Å²) in [5, 5.41) is 31.4. The number of aliphatic hydroxyl groups excluding tert-OH is 1. The number of aromatic hydroxyl groups is 2. The van der Waals surface area contributed by atoms with Crippen molar-refractivity contribution in [2.24, 2.45) is 11.8 Å². The average molecular weight is 414 g/mol. The van der Waals surface area contributed by atoms with Crippen LogP contribution in [0.3, 0.4) is 0 Å². The molecule has 1 aromatic rings. The van der Waals surface area contributed by atoms with Gasteiger partial charge in [0.05, 0.1) is 5.69 Å². The molecule has 0 spiro atoms. The van der Waals surface area contributed by atoms with Crippen molar-refractivity contribution in [3.63, 3.8) is 0 Å². The lowest BCUT2D eigenvalue weighted by Gasteiger charge is -2.40. The fraction of sp³-hybridized carbons (Fsp3) is 0.560. The van der Waals surface area contributed by atoms with Gasteiger partial charge in [0.2, 0.25) is 5.91 Å². The normalized spacial score (nSPS) is 23.9. The summed E-state index contributed by atoms with van der Waals surface area (Å²) in [6, 6.07) is 1.41. The van der Waals surface area contributed by atoms with Crippen LogP contribution in [0.25, 0.3) is 0 Å². The number of hydrogen-bond acceptors (Lipinski definition) is 4. The first-order valence-electron chi connectivity index (χ1n) is 11.0. The maximum atomic E-state index is 13.1. The Morgan fingerprint density at radius 3 is 2.50 bits per heavy atom. The summed E-state index contributed by atoms with van der Waals surface area (Å²) in [5.74, 6) is -0.228. The summed E-state index contributed by atoms with van der Waals surface area (Å²) in [4.78, 5) is 14.9. The van der Waals surface area contributed by atoms with E-state index >= 15 is 0 Å². The lowest BCUT2D eigenvalue weighted by atomic mass is 9.71. The molecule has 2 aliphatic rings. The second-order valence-corrected chi connectivity index (χ2v) is 9.26. The summed E-state index contributed by atoms with van der Waals surface area (Å²) in [6.07, 6.45) is 5.29. The maximum absolute atomic E-state index is 13.1. The number of benzene rings is 1. The van der Waals surface area contributed by atoms with Gasteiger partial charge in [-0.2, -0.15) is 0 Å². The third-order valence-corrected chi connectivity index (χ3v) is 6.67. The molecule has 0 aromatic heterocycles. The monoisotopic (exact) mass is 413 g/mol. The van der Waals surface area contributed by atoms with Crippen LogP contribution in [-0.2, 0) is 4.79 Å². The number of phenols is 2. The van der Waals surface area contributed by atoms with E-state index < -0.39 is 0 Å². The second-order valence-electron chi connectivity index (χ2n) is 9.26. The van der Waals surface area contributed by atoms with E-state index in [9.17, 15) is 20.1 Å². The minimum atomic E-state index is -0.204. The van der Waals surface area contributed by atoms with Gasteiger partial charge in [0.1, 0.15) is 11.5 Å². The number of rotatable bonds is 5.